The molecule has 0 saturated carbocycles. The lowest BCUT2D eigenvalue weighted by Gasteiger charge is -2.39. The number of carbonyl (C=O) groups excluding carboxylic acids is 1. The molecular formula is C24H28N2O5S. The first-order valence-electron chi connectivity index (χ1n) is 11.0. The van der Waals surface area contributed by atoms with E-state index in [1.165, 1.54) is 16.4 Å². The maximum Gasteiger partial charge on any atom is 0.314 e. The Balaban J connectivity index is 1.51. The van der Waals surface area contributed by atoms with Gasteiger partial charge in [0, 0.05) is 31.7 Å². The standard InChI is InChI=1S/C24H28N2O5S/c27-22(19-8-7-11-21(18-19)32(30,31)26-14-5-2-6-15-26)25-16-12-24(13-17-25,23(28)29)20-9-3-1-4-10-20/h1,3-4,7-11,18H,2,5-6,12-17H2,(H,28,29). The van der Waals surface area contributed by atoms with Gasteiger partial charge in [0.2, 0.25) is 10.0 Å². The van der Waals surface area contributed by atoms with Crippen molar-refractivity contribution in [3.8, 4) is 0 Å². The van der Waals surface area contributed by atoms with E-state index in [1.807, 2.05) is 30.3 Å². The number of sulfonamides is 1. The summed E-state index contributed by atoms with van der Waals surface area (Å²) in [5.74, 6) is -1.15. The van der Waals surface area contributed by atoms with Gasteiger partial charge in [-0.25, -0.2) is 8.42 Å². The lowest BCUT2D eigenvalue weighted by Crippen LogP contribution is -2.49. The highest BCUT2D eigenvalue weighted by Gasteiger charge is 2.44. The SMILES string of the molecule is O=C(c1cccc(S(=O)(=O)N2CCCCC2)c1)N1CCC(C(=O)O)(c2ccccc2)CC1. The fraction of sp³-hybridized carbons (Fsp3) is 0.417. The molecule has 32 heavy (non-hydrogen) atoms. The summed E-state index contributed by atoms with van der Waals surface area (Å²) in [6.45, 7) is 1.60. The Morgan fingerprint density at radius 2 is 1.50 bits per heavy atom. The number of benzene rings is 2. The molecule has 0 atom stereocenters. The molecule has 2 aliphatic rings. The van der Waals surface area contributed by atoms with E-state index in [-0.39, 0.29) is 10.8 Å². The highest BCUT2D eigenvalue weighted by molar-refractivity contribution is 7.89. The molecule has 2 saturated heterocycles. The van der Waals surface area contributed by atoms with Gasteiger partial charge in [-0.15, -0.1) is 0 Å². The predicted octanol–water partition coefficient (Wildman–Crippen LogP) is 3.12. The lowest BCUT2D eigenvalue weighted by atomic mass is 9.73. The van der Waals surface area contributed by atoms with E-state index in [1.54, 1.807) is 17.0 Å². The number of hydrogen-bond acceptors (Lipinski definition) is 4. The van der Waals surface area contributed by atoms with Crippen molar-refractivity contribution in [1.82, 2.24) is 9.21 Å². The van der Waals surface area contributed by atoms with Crippen LogP contribution in [0.3, 0.4) is 0 Å². The zero-order chi connectivity index (χ0) is 22.8. The van der Waals surface area contributed by atoms with Crippen molar-refractivity contribution in [2.24, 2.45) is 0 Å². The van der Waals surface area contributed by atoms with Crippen molar-refractivity contribution >= 4 is 21.9 Å². The molecule has 170 valence electrons. The molecule has 2 aliphatic heterocycles. The van der Waals surface area contributed by atoms with Crippen LogP contribution in [-0.4, -0.2) is 60.8 Å². The van der Waals surface area contributed by atoms with E-state index < -0.39 is 21.4 Å². The van der Waals surface area contributed by atoms with Gasteiger partial charge in [-0.1, -0.05) is 42.8 Å². The summed E-state index contributed by atoms with van der Waals surface area (Å²) in [5.41, 5.74) is 0.0390. The topological polar surface area (TPSA) is 95.0 Å². The normalized spacial score (nSPS) is 19.4. The van der Waals surface area contributed by atoms with Crippen molar-refractivity contribution in [2.45, 2.75) is 42.4 Å². The van der Waals surface area contributed by atoms with E-state index in [0.29, 0.717) is 44.6 Å². The quantitative estimate of drug-likeness (QED) is 0.746. The van der Waals surface area contributed by atoms with Crippen LogP contribution in [0.4, 0.5) is 0 Å². The molecule has 2 heterocycles. The minimum absolute atomic E-state index is 0.131. The van der Waals surface area contributed by atoms with Crippen molar-refractivity contribution in [3.63, 3.8) is 0 Å². The average molecular weight is 457 g/mol. The fourth-order valence-electron chi connectivity index (χ4n) is 4.70. The molecule has 0 bridgehead atoms. The summed E-state index contributed by atoms with van der Waals surface area (Å²) in [7, 11) is -3.63. The summed E-state index contributed by atoms with van der Waals surface area (Å²) in [6, 6.07) is 15.3. The molecule has 8 heteroatoms. The van der Waals surface area contributed by atoms with E-state index in [9.17, 15) is 23.1 Å². The van der Waals surface area contributed by atoms with Gasteiger partial charge in [-0.05, 0) is 49.4 Å². The Morgan fingerprint density at radius 1 is 0.844 bits per heavy atom. The van der Waals surface area contributed by atoms with Gasteiger partial charge >= 0.3 is 5.97 Å². The van der Waals surface area contributed by atoms with Gasteiger partial charge in [0.1, 0.15) is 0 Å². The summed E-state index contributed by atoms with van der Waals surface area (Å²) >= 11 is 0. The number of nitrogens with zero attached hydrogens (tertiary/aromatic N) is 2. The van der Waals surface area contributed by atoms with Crippen molar-refractivity contribution in [3.05, 3.63) is 65.7 Å². The number of aliphatic carboxylic acids is 1. The molecule has 0 radical (unpaired) electrons. The summed E-state index contributed by atoms with van der Waals surface area (Å²) in [5, 5.41) is 9.96. The molecule has 2 aromatic carbocycles. The van der Waals surface area contributed by atoms with Gasteiger partial charge in [-0.2, -0.15) is 4.31 Å². The zero-order valence-corrected chi connectivity index (χ0v) is 18.8. The first-order valence-corrected chi connectivity index (χ1v) is 12.5. The Morgan fingerprint density at radius 3 is 2.12 bits per heavy atom. The summed E-state index contributed by atoms with van der Waals surface area (Å²) in [4.78, 5) is 27.0. The van der Waals surface area contributed by atoms with Gasteiger partial charge in [0.15, 0.2) is 0 Å². The van der Waals surface area contributed by atoms with Crippen LogP contribution in [0.15, 0.2) is 59.5 Å². The van der Waals surface area contributed by atoms with Gasteiger partial charge in [0.25, 0.3) is 5.91 Å². The number of likely N-dealkylation sites (tertiary alicyclic amines) is 1. The van der Waals surface area contributed by atoms with Crippen LogP contribution in [0, 0.1) is 0 Å². The van der Waals surface area contributed by atoms with Crippen LogP contribution in [0.25, 0.3) is 0 Å². The van der Waals surface area contributed by atoms with E-state index >= 15 is 0 Å². The number of carbonyl (C=O) groups is 2. The molecule has 0 spiro atoms. The van der Waals surface area contributed by atoms with Crippen LogP contribution in [0.2, 0.25) is 0 Å². The Hall–Kier alpha value is -2.71. The molecule has 1 N–H and O–H groups in total. The first-order chi connectivity index (χ1) is 15.3. The maximum atomic E-state index is 13.1. The summed E-state index contributed by atoms with van der Waals surface area (Å²) < 4.78 is 27.5. The van der Waals surface area contributed by atoms with Crippen LogP contribution in [0.5, 0.6) is 0 Å². The molecule has 2 fully saturated rings. The second-order valence-electron chi connectivity index (χ2n) is 8.54. The van der Waals surface area contributed by atoms with Gasteiger partial charge in [-0.3, -0.25) is 9.59 Å². The Kier molecular flexibility index (Phi) is 6.35. The second-order valence-corrected chi connectivity index (χ2v) is 10.5. The van der Waals surface area contributed by atoms with E-state index in [4.69, 9.17) is 0 Å². The third-order valence-corrected chi connectivity index (χ3v) is 8.57. The molecule has 0 unspecified atom stereocenters. The molecular weight excluding hydrogens is 428 g/mol. The zero-order valence-electron chi connectivity index (χ0n) is 17.9. The monoisotopic (exact) mass is 456 g/mol. The minimum atomic E-state index is -3.63. The number of carboxylic acid groups (broad SMARTS) is 1. The molecule has 0 aromatic heterocycles. The number of rotatable bonds is 5. The third-order valence-electron chi connectivity index (χ3n) is 6.67. The lowest BCUT2D eigenvalue weighted by molar-refractivity contribution is -0.145. The van der Waals surface area contributed by atoms with Gasteiger partial charge < -0.3 is 10.0 Å². The van der Waals surface area contributed by atoms with Crippen LogP contribution >= 0.6 is 0 Å². The third kappa shape index (κ3) is 4.17. The highest BCUT2D eigenvalue weighted by Crippen LogP contribution is 2.36. The summed E-state index contributed by atoms with van der Waals surface area (Å²) in [6.07, 6.45) is 3.34. The Labute approximate surface area is 188 Å². The number of carboxylic acids is 1. The second kappa shape index (κ2) is 9.03. The average Bonchev–Trinajstić information content (AvgIpc) is 2.84. The smallest absolute Gasteiger partial charge is 0.314 e. The van der Waals surface area contributed by atoms with Crippen LogP contribution < -0.4 is 0 Å². The van der Waals surface area contributed by atoms with Crippen molar-refractivity contribution in [1.29, 1.82) is 0 Å². The predicted molar refractivity (Wildman–Crippen MR) is 120 cm³/mol. The van der Waals surface area contributed by atoms with Crippen LogP contribution in [-0.2, 0) is 20.2 Å². The van der Waals surface area contributed by atoms with Crippen molar-refractivity contribution < 1.29 is 23.1 Å². The first kappa shape index (κ1) is 22.5. The molecule has 7 nitrogen and oxygen atoms in total. The highest BCUT2D eigenvalue weighted by atomic mass is 32.2. The molecule has 2 aromatic rings. The van der Waals surface area contributed by atoms with Crippen molar-refractivity contribution in [2.75, 3.05) is 26.2 Å². The molecule has 4 rings (SSSR count). The maximum absolute atomic E-state index is 13.1. The molecule has 1 amide bonds. The minimum Gasteiger partial charge on any atom is -0.481 e. The number of piperidine rings is 2. The number of hydrogen-bond donors (Lipinski definition) is 1. The van der Waals surface area contributed by atoms with E-state index in [0.717, 1.165) is 24.8 Å². The van der Waals surface area contributed by atoms with Crippen LogP contribution in [0.1, 0.15) is 48.0 Å². The molecule has 0 aliphatic carbocycles. The number of amides is 1. The largest absolute Gasteiger partial charge is 0.481 e. The fourth-order valence-corrected chi connectivity index (χ4v) is 6.26. The van der Waals surface area contributed by atoms with E-state index in [2.05, 4.69) is 0 Å². The van der Waals surface area contributed by atoms with Gasteiger partial charge in [0.05, 0.1) is 10.3 Å². The Bertz CT molecular complexity index is 1090.